The first-order chi connectivity index (χ1) is 10.0. The predicted octanol–water partition coefficient (Wildman–Crippen LogP) is 3.73. The van der Waals surface area contributed by atoms with E-state index in [4.69, 9.17) is 5.73 Å². The minimum Gasteiger partial charge on any atom is -0.399 e. The number of nitrogen functional groups attached to an aromatic ring is 1. The van der Waals surface area contributed by atoms with Gasteiger partial charge in [0.1, 0.15) is 0 Å². The number of hydrogen-bond donors (Lipinski definition) is 1. The highest BCUT2D eigenvalue weighted by Crippen LogP contribution is 2.25. The van der Waals surface area contributed by atoms with Crippen molar-refractivity contribution in [1.29, 1.82) is 0 Å². The monoisotopic (exact) mass is 282 g/mol. The number of benzene rings is 2. The number of anilines is 2. The van der Waals surface area contributed by atoms with Gasteiger partial charge in [0.25, 0.3) is 0 Å². The summed E-state index contributed by atoms with van der Waals surface area (Å²) in [6.45, 7) is 6.60. The zero-order valence-corrected chi connectivity index (χ0v) is 12.8. The van der Waals surface area contributed by atoms with E-state index >= 15 is 0 Å². The highest BCUT2D eigenvalue weighted by molar-refractivity contribution is 5.98. The number of nitrogens with zero attached hydrogens (tertiary/aromatic N) is 1. The van der Waals surface area contributed by atoms with Crippen molar-refractivity contribution in [2.75, 3.05) is 17.2 Å². The van der Waals surface area contributed by atoms with E-state index in [0.717, 1.165) is 16.8 Å². The smallest absolute Gasteiger partial charge is 0.234 e. The van der Waals surface area contributed by atoms with E-state index in [-0.39, 0.29) is 11.8 Å². The lowest BCUT2D eigenvalue weighted by Crippen LogP contribution is -2.34. The summed E-state index contributed by atoms with van der Waals surface area (Å²) < 4.78 is 0. The highest BCUT2D eigenvalue weighted by atomic mass is 16.2. The Kier molecular flexibility index (Phi) is 4.63. The highest BCUT2D eigenvalue weighted by Gasteiger charge is 2.23. The Bertz CT molecular complexity index is 637. The van der Waals surface area contributed by atoms with Crippen LogP contribution in [-0.2, 0) is 4.79 Å². The Morgan fingerprint density at radius 2 is 1.90 bits per heavy atom. The zero-order chi connectivity index (χ0) is 15.4. The van der Waals surface area contributed by atoms with Crippen LogP contribution in [0.5, 0.6) is 0 Å². The summed E-state index contributed by atoms with van der Waals surface area (Å²) >= 11 is 0. The number of para-hydroxylation sites is 1. The van der Waals surface area contributed by atoms with Crippen molar-refractivity contribution >= 4 is 17.3 Å². The Morgan fingerprint density at radius 3 is 2.52 bits per heavy atom. The van der Waals surface area contributed by atoms with Gasteiger partial charge in [0.15, 0.2) is 0 Å². The van der Waals surface area contributed by atoms with E-state index in [0.29, 0.717) is 12.2 Å². The molecule has 2 aromatic carbocycles. The maximum atomic E-state index is 12.8. The van der Waals surface area contributed by atoms with Gasteiger partial charge in [0, 0.05) is 17.9 Å². The third kappa shape index (κ3) is 3.24. The van der Waals surface area contributed by atoms with Gasteiger partial charge >= 0.3 is 0 Å². The molecule has 2 aromatic rings. The average molecular weight is 282 g/mol. The third-order valence-electron chi connectivity index (χ3n) is 3.77. The Labute approximate surface area is 126 Å². The lowest BCUT2D eigenvalue weighted by Gasteiger charge is -2.26. The van der Waals surface area contributed by atoms with Crippen molar-refractivity contribution in [3.05, 3.63) is 59.7 Å². The molecular weight excluding hydrogens is 260 g/mol. The maximum absolute atomic E-state index is 12.8. The van der Waals surface area contributed by atoms with Crippen LogP contribution in [0.1, 0.15) is 30.9 Å². The van der Waals surface area contributed by atoms with E-state index in [2.05, 4.69) is 0 Å². The molecule has 0 bridgehead atoms. The Morgan fingerprint density at radius 1 is 1.19 bits per heavy atom. The Balaban J connectivity index is 2.30. The summed E-state index contributed by atoms with van der Waals surface area (Å²) in [6.07, 6.45) is 0. The molecular formula is C18H22N2O. The fourth-order valence-corrected chi connectivity index (χ4v) is 2.52. The quantitative estimate of drug-likeness (QED) is 0.868. The number of nitrogens with two attached hydrogens (primary N) is 1. The van der Waals surface area contributed by atoms with Gasteiger partial charge in [0.2, 0.25) is 5.91 Å². The molecule has 1 amide bonds. The Hall–Kier alpha value is -2.29. The lowest BCUT2D eigenvalue weighted by molar-refractivity contribution is -0.119. The molecule has 1 unspecified atom stereocenters. The van der Waals surface area contributed by atoms with Crippen molar-refractivity contribution < 1.29 is 4.79 Å². The molecule has 2 rings (SSSR count). The van der Waals surface area contributed by atoms with Gasteiger partial charge in [-0.3, -0.25) is 4.79 Å². The molecule has 0 aliphatic heterocycles. The fourth-order valence-electron chi connectivity index (χ4n) is 2.52. The SMILES string of the molecule is CCN(C(=O)C(C)c1cccc(N)c1)c1ccccc1C. The van der Waals surface area contributed by atoms with E-state index in [9.17, 15) is 4.79 Å². The molecule has 21 heavy (non-hydrogen) atoms. The van der Waals surface area contributed by atoms with Crippen LogP contribution in [0.15, 0.2) is 48.5 Å². The van der Waals surface area contributed by atoms with Crippen molar-refractivity contribution in [1.82, 2.24) is 0 Å². The molecule has 0 aliphatic carbocycles. The second-order valence-corrected chi connectivity index (χ2v) is 5.26. The fraction of sp³-hybridized carbons (Fsp3) is 0.278. The van der Waals surface area contributed by atoms with Gasteiger partial charge in [-0.05, 0) is 50.1 Å². The topological polar surface area (TPSA) is 46.3 Å². The molecule has 0 saturated heterocycles. The predicted molar refractivity (Wildman–Crippen MR) is 88.5 cm³/mol. The summed E-state index contributed by atoms with van der Waals surface area (Å²) in [5.74, 6) is -0.120. The molecule has 0 spiro atoms. The minimum absolute atomic E-state index is 0.0948. The van der Waals surface area contributed by atoms with Crippen LogP contribution in [-0.4, -0.2) is 12.5 Å². The molecule has 110 valence electrons. The molecule has 0 saturated carbocycles. The second kappa shape index (κ2) is 6.44. The number of carbonyl (C=O) groups excluding carboxylic acids is 1. The number of likely N-dealkylation sites (N-methyl/N-ethyl adjacent to an activating group) is 1. The van der Waals surface area contributed by atoms with Crippen LogP contribution in [0.3, 0.4) is 0 Å². The first kappa shape index (κ1) is 15.1. The van der Waals surface area contributed by atoms with Crippen LogP contribution in [0.4, 0.5) is 11.4 Å². The van der Waals surface area contributed by atoms with Gasteiger partial charge in [-0.25, -0.2) is 0 Å². The molecule has 3 nitrogen and oxygen atoms in total. The summed E-state index contributed by atoms with van der Waals surface area (Å²) in [7, 11) is 0. The van der Waals surface area contributed by atoms with E-state index in [1.807, 2.05) is 74.2 Å². The maximum Gasteiger partial charge on any atom is 0.234 e. The molecule has 0 heterocycles. The first-order valence-corrected chi connectivity index (χ1v) is 7.27. The van der Waals surface area contributed by atoms with Crippen LogP contribution in [0.25, 0.3) is 0 Å². The lowest BCUT2D eigenvalue weighted by atomic mass is 9.98. The zero-order valence-electron chi connectivity index (χ0n) is 12.8. The van der Waals surface area contributed by atoms with E-state index in [1.54, 1.807) is 0 Å². The first-order valence-electron chi connectivity index (χ1n) is 7.27. The number of aryl methyl sites for hydroxylation is 1. The minimum atomic E-state index is -0.215. The van der Waals surface area contributed by atoms with Gasteiger partial charge in [-0.2, -0.15) is 0 Å². The molecule has 0 fully saturated rings. The van der Waals surface area contributed by atoms with Gasteiger partial charge in [0.05, 0.1) is 5.92 Å². The van der Waals surface area contributed by atoms with Gasteiger partial charge in [-0.1, -0.05) is 30.3 Å². The van der Waals surface area contributed by atoms with Crippen LogP contribution >= 0.6 is 0 Å². The van der Waals surface area contributed by atoms with Gasteiger partial charge in [-0.15, -0.1) is 0 Å². The van der Waals surface area contributed by atoms with Gasteiger partial charge < -0.3 is 10.6 Å². The molecule has 2 N–H and O–H groups in total. The normalized spacial score (nSPS) is 12.0. The van der Waals surface area contributed by atoms with Crippen LogP contribution < -0.4 is 10.6 Å². The number of carbonyl (C=O) groups is 1. The summed E-state index contributed by atoms with van der Waals surface area (Å²) in [5, 5.41) is 0. The van der Waals surface area contributed by atoms with Crippen molar-refractivity contribution in [2.24, 2.45) is 0 Å². The molecule has 1 atom stereocenters. The molecule has 0 aliphatic rings. The molecule has 0 aromatic heterocycles. The second-order valence-electron chi connectivity index (χ2n) is 5.26. The molecule has 3 heteroatoms. The van der Waals surface area contributed by atoms with Crippen molar-refractivity contribution in [2.45, 2.75) is 26.7 Å². The summed E-state index contributed by atoms with van der Waals surface area (Å²) in [6, 6.07) is 15.5. The largest absolute Gasteiger partial charge is 0.399 e. The van der Waals surface area contributed by atoms with E-state index < -0.39 is 0 Å². The van der Waals surface area contributed by atoms with E-state index in [1.165, 1.54) is 0 Å². The summed E-state index contributed by atoms with van der Waals surface area (Å²) in [4.78, 5) is 14.7. The average Bonchev–Trinajstić information content (AvgIpc) is 2.49. The number of amides is 1. The number of hydrogen-bond acceptors (Lipinski definition) is 2. The summed E-state index contributed by atoms with van der Waals surface area (Å²) in [5.41, 5.74) is 9.53. The van der Waals surface area contributed by atoms with Crippen LogP contribution in [0, 0.1) is 6.92 Å². The van der Waals surface area contributed by atoms with Crippen molar-refractivity contribution in [3.8, 4) is 0 Å². The molecule has 0 radical (unpaired) electrons. The van der Waals surface area contributed by atoms with Crippen LogP contribution in [0.2, 0.25) is 0 Å². The van der Waals surface area contributed by atoms with Crippen molar-refractivity contribution in [3.63, 3.8) is 0 Å². The number of rotatable bonds is 4. The third-order valence-corrected chi connectivity index (χ3v) is 3.77. The standard InChI is InChI=1S/C18H22N2O/c1-4-20(17-11-6-5-8-13(17)2)18(21)14(3)15-9-7-10-16(19)12-15/h5-12,14H,4,19H2,1-3H3.